The van der Waals surface area contributed by atoms with Gasteiger partial charge in [0.15, 0.2) is 0 Å². The highest BCUT2D eigenvalue weighted by Gasteiger charge is 2.17. The third kappa shape index (κ3) is 3.56. The van der Waals surface area contributed by atoms with Crippen LogP contribution < -0.4 is 4.72 Å². The van der Waals surface area contributed by atoms with Gasteiger partial charge < -0.3 is 0 Å². The molecule has 106 valence electrons. The topological polar surface area (TPSA) is 59.1 Å². The normalized spacial score (nSPS) is 11.4. The molecule has 1 N–H and O–H groups in total. The summed E-state index contributed by atoms with van der Waals surface area (Å²) in [6.45, 7) is 0. The number of pyridine rings is 1. The van der Waals surface area contributed by atoms with E-state index in [1.807, 2.05) is 0 Å². The maximum Gasteiger partial charge on any atom is 0.263 e. The molecule has 0 saturated carbocycles. The fourth-order valence-corrected chi connectivity index (χ4v) is 3.57. The van der Waals surface area contributed by atoms with Gasteiger partial charge in [0.05, 0.1) is 20.8 Å². The van der Waals surface area contributed by atoms with Crippen molar-refractivity contribution in [2.24, 2.45) is 0 Å². The minimum atomic E-state index is -3.82. The van der Waals surface area contributed by atoms with Gasteiger partial charge in [-0.25, -0.2) is 8.42 Å². The van der Waals surface area contributed by atoms with Gasteiger partial charge in [0.2, 0.25) is 0 Å². The van der Waals surface area contributed by atoms with Crippen LogP contribution in [0.15, 0.2) is 40.0 Å². The van der Waals surface area contributed by atoms with Crippen molar-refractivity contribution >= 4 is 66.4 Å². The zero-order chi connectivity index (χ0) is 14.9. The molecule has 0 amide bonds. The number of hydrogen-bond acceptors (Lipinski definition) is 3. The monoisotopic (exact) mass is 414 g/mol. The van der Waals surface area contributed by atoms with Crippen LogP contribution >= 0.6 is 50.7 Å². The highest BCUT2D eigenvalue weighted by Crippen LogP contribution is 2.33. The van der Waals surface area contributed by atoms with Crippen molar-refractivity contribution in [3.05, 3.63) is 50.1 Å². The van der Waals surface area contributed by atoms with Gasteiger partial charge in [-0.2, -0.15) is 0 Å². The summed E-state index contributed by atoms with van der Waals surface area (Å²) < 4.78 is 27.3. The van der Waals surface area contributed by atoms with Gasteiger partial charge in [-0.3, -0.25) is 9.71 Å². The largest absolute Gasteiger partial charge is 0.278 e. The number of aromatic nitrogens is 1. The van der Waals surface area contributed by atoms with E-state index in [0.717, 1.165) is 0 Å². The first-order valence-corrected chi connectivity index (χ1v) is 8.48. The summed E-state index contributed by atoms with van der Waals surface area (Å²) in [6, 6.07) is 4.12. The Morgan fingerprint density at radius 2 is 1.65 bits per heavy atom. The summed E-state index contributed by atoms with van der Waals surface area (Å²) in [5.74, 6) is 0. The van der Waals surface area contributed by atoms with E-state index >= 15 is 0 Å². The van der Waals surface area contributed by atoms with Gasteiger partial charge in [-0.1, -0.05) is 34.8 Å². The van der Waals surface area contributed by atoms with Crippen molar-refractivity contribution in [3.8, 4) is 0 Å². The summed E-state index contributed by atoms with van der Waals surface area (Å²) in [7, 11) is -3.82. The van der Waals surface area contributed by atoms with Gasteiger partial charge in [0.1, 0.15) is 4.90 Å². The molecule has 1 aromatic heterocycles. The Kier molecular flexibility index (Phi) is 4.81. The zero-order valence-corrected chi connectivity index (χ0v) is 14.2. The molecular formula is C11H6BrCl3N2O2S. The van der Waals surface area contributed by atoms with Crippen LogP contribution in [0.5, 0.6) is 0 Å². The Balaban J connectivity index is 2.41. The molecule has 2 rings (SSSR count). The van der Waals surface area contributed by atoms with Gasteiger partial charge in [0, 0.05) is 16.9 Å². The molecule has 0 bridgehead atoms. The van der Waals surface area contributed by atoms with Gasteiger partial charge in [-0.15, -0.1) is 0 Å². The molecule has 0 aliphatic rings. The number of nitrogens with zero attached hydrogens (tertiary/aromatic N) is 1. The summed E-state index contributed by atoms with van der Waals surface area (Å²) in [5, 5.41) is 0.579. The Hall–Kier alpha value is -0.530. The summed E-state index contributed by atoms with van der Waals surface area (Å²) in [4.78, 5) is 3.79. The predicted molar refractivity (Wildman–Crippen MR) is 84.2 cm³/mol. The molecule has 0 unspecified atom stereocenters. The molecule has 4 nitrogen and oxygen atoms in total. The van der Waals surface area contributed by atoms with Crippen LogP contribution in [0.2, 0.25) is 15.1 Å². The number of nitrogens with one attached hydrogen (secondary N) is 1. The quantitative estimate of drug-likeness (QED) is 0.744. The number of halogens is 4. The van der Waals surface area contributed by atoms with Gasteiger partial charge in [-0.05, 0) is 34.1 Å². The third-order valence-corrected chi connectivity index (χ3v) is 5.05. The van der Waals surface area contributed by atoms with Crippen LogP contribution in [0, 0.1) is 0 Å². The second-order valence-electron chi connectivity index (χ2n) is 3.69. The Bertz CT molecular complexity index is 768. The second-order valence-corrected chi connectivity index (χ2v) is 7.51. The molecule has 1 aromatic carbocycles. The van der Waals surface area contributed by atoms with Crippen molar-refractivity contribution in [1.29, 1.82) is 0 Å². The van der Waals surface area contributed by atoms with E-state index in [4.69, 9.17) is 34.8 Å². The molecule has 0 radical (unpaired) electrons. The third-order valence-electron chi connectivity index (χ3n) is 2.24. The molecule has 2 aromatic rings. The zero-order valence-electron chi connectivity index (χ0n) is 9.57. The molecule has 0 fully saturated rings. The maximum absolute atomic E-state index is 12.2. The maximum atomic E-state index is 12.2. The van der Waals surface area contributed by atoms with E-state index in [2.05, 4.69) is 25.6 Å². The van der Waals surface area contributed by atoms with Crippen LogP contribution in [0.1, 0.15) is 0 Å². The van der Waals surface area contributed by atoms with E-state index in [1.165, 1.54) is 30.6 Å². The van der Waals surface area contributed by atoms with Crippen molar-refractivity contribution < 1.29 is 8.42 Å². The highest BCUT2D eigenvalue weighted by atomic mass is 79.9. The Morgan fingerprint density at radius 1 is 1.00 bits per heavy atom. The number of sulfonamides is 1. The lowest BCUT2D eigenvalue weighted by atomic mass is 10.3. The number of benzene rings is 1. The van der Waals surface area contributed by atoms with E-state index in [-0.39, 0.29) is 25.7 Å². The first-order chi connectivity index (χ1) is 9.29. The first kappa shape index (κ1) is 15.9. The standard InChI is InChI=1S/C11H6BrCl3N2O2S/c12-6-1-7(5-16-4-6)20(18,19)17-11-3-9(14)8(13)2-10(11)15/h1-5,17H. The van der Waals surface area contributed by atoms with E-state index in [0.29, 0.717) is 4.47 Å². The van der Waals surface area contributed by atoms with Gasteiger partial charge >= 0.3 is 0 Å². The van der Waals surface area contributed by atoms with Crippen LogP contribution in [0.3, 0.4) is 0 Å². The lowest BCUT2D eigenvalue weighted by Crippen LogP contribution is -2.13. The Labute approximate surface area is 139 Å². The van der Waals surface area contributed by atoms with Crippen LogP contribution in [0.4, 0.5) is 5.69 Å². The predicted octanol–water partition coefficient (Wildman–Crippen LogP) is 4.61. The molecule has 20 heavy (non-hydrogen) atoms. The smallest absolute Gasteiger partial charge is 0.263 e. The summed E-state index contributed by atoms with van der Waals surface area (Å²) in [6.07, 6.45) is 2.70. The van der Waals surface area contributed by atoms with E-state index in [9.17, 15) is 8.42 Å². The molecule has 0 aliphatic heterocycles. The average molecular weight is 417 g/mol. The SMILES string of the molecule is O=S(=O)(Nc1cc(Cl)c(Cl)cc1Cl)c1cncc(Br)c1. The number of hydrogen-bond donors (Lipinski definition) is 1. The lowest BCUT2D eigenvalue weighted by Gasteiger charge is -2.10. The van der Waals surface area contributed by atoms with E-state index in [1.54, 1.807) is 0 Å². The number of rotatable bonds is 3. The fraction of sp³-hybridized carbons (Fsp3) is 0. The van der Waals surface area contributed by atoms with Crippen molar-refractivity contribution in [2.75, 3.05) is 4.72 Å². The van der Waals surface area contributed by atoms with Crippen LogP contribution in [-0.4, -0.2) is 13.4 Å². The first-order valence-electron chi connectivity index (χ1n) is 5.07. The van der Waals surface area contributed by atoms with Crippen molar-refractivity contribution in [3.63, 3.8) is 0 Å². The van der Waals surface area contributed by atoms with E-state index < -0.39 is 10.0 Å². The summed E-state index contributed by atoms with van der Waals surface area (Å²) >= 11 is 20.7. The van der Waals surface area contributed by atoms with Gasteiger partial charge in [0.25, 0.3) is 10.0 Å². The molecule has 9 heteroatoms. The second kappa shape index (κ2) is 6.07. The fourth-order valence-electron chi connectivity index (χ4n) is 1.34. The average Bonchev–Trinajstić information content (AvgIpc) is 2.36. The molecule has 0 saturated heterocycles. The highest BCUT2D eigenvalue weighted by molar-refractivity contribution is 9.10. The molecular weight excluding hydrogens is 410 g/mol. The molecule has 0 spiro atoms. The minimum absolute atomic E-state index is 0.00554. The van der Waals surface area contributed by atoms with Crippen LogP contribution in [-0.2, 0) is 10.0 Å². The lowest BCUT2D eigenvalue weighted by molar-refractivity contribution is 0.600. The summed E-state index contributed by atoms with van der Waals surface area (Å²) in [5.41, 5.74) is 0.140. The van der Waals surface area contributed by atoms with Crippen LogP contribution in [0.25, 0.3) is 0 Å². The number of anilines is 1. The minimum Gasteiger partial charge on any atom is -0.278 e. The molecule has 1 heterocycles. The van der Waals surface area contributed by atoms with Crippen molar-refractivity contribution in [2.45, 2.75) is 4.90 Å². The van der Waals surface area contributed by atoms with Crippen molar-refractivity contribution in [1.82, 2.24) is 4.98 Å². The molecule has 0 atom stereocenters. The molecule has 0 aliphatic carbocycles. The Morgan fingerprint density at radius 3 is 2.30 bits per heavy atom.